The SMILES string of the molecule is CCCCCCCCCCCCC(O)(O)O. The Bertz CT molecular complexity index is 141. The molecule has 0 aliphatic carbocycles. The summed E-state index contributed by atoms with van der Waals surface area (Å²) in [5, 5.41) is 26.0. The van der Waals surface area contributed by atoms with Gasteiger partial charge in [0.05, 0.1) is 0 Å². The fraction of sp³-hybridized carbons (Fsp3) is 1.00. The second-order valence-electron chi connectivity index (χ2n) is 4.71. The average Bonchev–Trinajstić information content (AvgIpc) is 2.19. The number of rotatable bonds is 11. The second-order valence-corrected chi connectivity index (χ2v) is 4.71. The molecule has 98 valence electrons. The lowest BCUT2D eigenvalue weighted by atomic mass is 10.1. The van der Waals surface area contributed by atoms with Crippen LogP contribution in [0.25, 0.3) is 0 Å². The van der Waals surface area contributed by atoms with Crippen molar-refractivity contribution in [3.8, 4) is 0 Å². The van der Waals surface area contributed by atoms with Crippen molar-refractivity contribution in [3.63, 3.8) is 0 Å². The highest BCUT2D eigenvalue weighted by molar-refractivity contribution is 4.51. The van der Waals surface area contributed by atoms with E-state index < -0.39 is 5.97 Å². The highest BCUT2D eigenvalue weighted by Crippen LogP contribution is 2.13. The molecule has 0 aliphatic heterocycles. The topological polar surface area (TPSA) is 60.7 Å². The van der Waals surface area contributed by atoms with Crippen LogP contribution in [-0.4, -0.2) is 21.3 Å². The molecule has 16 heavy (non-hydrogen) atoms. The fourth-order valence-corrected chi connectivity index (χ4v) is 1.85. The highest BCUT2D eigenvalue weighted by Gasteiger charge is 2.16. The van der Waals surface area contributed by atoms with Crippen LogP contribution in [0.2, 0.25) is 0 Å². The Morgan fingerprint density at radius 1 is 0.625 bits per heavy atom. The maximum absolute atomic E-state index is 8.65. The molecular formula is C13H28O3. The molecule has 3 heteroatoms. The minimum Gasteiger partial charge on any atom is -0.344 e. The van der Waals surface area contributed by atoms with Gasteiger partial charge in [0.2, 0.25) is 0 Å². The molecule has 3 N–H and O–H groups in total. The largest absolute Gasteiger partial charge is 0.344 e. The van der Waals surface area contributed by atoms with Crippen LogP contribution in [0.3, 0.4) is 0 Å². The summed E-state index contributed by atoms with van der Waals surface area (Å²) in [6.45, 7) is 2.23. The van der Waals surface area contributed by atoms with E-state index in [0.29, 0.717) is 6.42 Å². The standard InChI is InChI=1S/C13H28O3/c1-2-3-4-5-6-7-8-9-10-11-12-13(14,15)16/h14-16H,2-12H2,1H3. The molecule has 0 bridgehead atoms. The lowest BCUT2D eigenvalue weighted by molar-refractivity contribution is -0.315. The van der Waals surface area contributed by atoms with E-state index in [-0.39, 0.29) is 6.42 Å². The molecule has 0 saturated carbocycles. The summed E-state index contributed by atoms with van der Waals surface area (Å²) >= 11 is 0. The van der Waals surface area contributed by atoms with Gasteiger partial charge in [-0.05, 0) is 6.42 Å². The first-order valence-corrected chi connectivity index (χ1v) is 6.73. The van der Waals surface area contributed by atoms with Gasteiger partial charge in [0.15, 0.2) is 0 Å². The number of unbranched alkanes of at least 4 members (excludes halogenated alkanes) is 9. The summed E-state index contributed by atoms with van der Waals surface area (Å²) in [6, 6.07) is 0. The zero-order valence-corrected chi connectivity index (χ0v) is 10.6. The summed E-state index contributed by atoms with van der Waals surface area (Å²) < 4.78 is 0. The van der Waals surface area contributed by atoms with Gasteiger partial charge in [-0.25, -0.2) is 0 Å². The molecule has 0 radical (unpaired) electrons. The first-order chi connectivity index (χ1) is 7.56. The molecule has 0 spiro atoms. The second kappa shape index (κ2) is 10.1. The number of hydrogen-bond acceptors (Lipinski definition) is 3. The van der Waals surface area contributed by atoms with E-state index in [4.69, 9.17) is 15.3 Å². The van der Waals surface area contributed by atoms with Crippen molar-refractivity contribution in [2.24, 2.45) is 0 Å². The van der Waals surface area contributed by atoms with Crippen LogP contribution in [0, 0.1) is 0 Å². The zero-order valence-electron chi connectivity index (χ0n) is 10.6. The van der Waals surface area contributed by atoms with Crippen LogP contribution in [-0.2, 0) is 0 Å². The normalized spacial score (nSPS) is 12.0. The molecular weight excluding hydrogens is 204 g/mol. The van der Waals surface area contributed by atoms with Crippen LogP contribution >= 0.6 is 0 Å². The van der Waals surface area contributed by atoms with E-state index in [1.165, 1.54) is 44.9 Å². The summed E-state index contributed by atoms with van der Waals surface area (Å²) in [7, 11) is 0. The van der Waals surface area contributed by atoms with E-state index >= 15 is 0 Å². The van der Waals surface area contributed by atoms with Gasteiger partial charge in [-0.1, -0.05) is 64.7 Å². The zero-order chi connectivity index (χ0) is 12.3. The Hall–Kier alpha value is -0.120. The Morgan fingerprint density at radius 3 is 1.38 bits per heavy atom. The van der Waals surface area contributed by atoms with Gasteiger partial charge in [0, 0.05) is 6.42 Å². The van der Waals surface area contributed by atoms with Gasteiger partial charge in [-0.2, -0.15) is 0 Å². The van der Waals surface area contributed by atoms with Crippen LogP contribution in [0.5, 0.6) is 0 Å². The van der Waals surface area contributed by atoms with Crippen molar-refractivity contribution in [3.05, 3.63) is 0 Å². The molecule has 3 nitrogen and oxygen atoms in total. The lowest BCUT2D eigenvalue weighted by Gasteiger charge is -2.12. The third-order valence-electron chi connectivity index (χ3n) is 2.87. The van der Waals surface area contributed by atoms with Crippen LogP contribution in [0.1, 0.15) is 77.6 Å². The summed E-state index contributed by atoms with van der Waals surface area (Å²) in [5.41, 5.74) is 0. The third kappa shape index (κ3) is 13.9. The smallest absolute Gasteiger partial charge is 0.275 e. The molecule has 0 amide bonds. The molecule has 0 saturated heterocycles. The summed E-state index contributed by atoms with van der Waals surface area (Å²) in [6.07, 6.45) is 12.0. The van der Waals surface area contributed by atoms with Gasteiger partial charge >= 0.3 is 0 Å². The molecule has 0 fully saturated rings. The van der Waals surface area contributed by atoms with E-state index in [2.05, 4.69) is 6.92 Å². The number of hydrogen-bond donors (Lipinski definition) is 3. The maximum atomic E-state index is 8.65. The van der Waals surface area contributed by atoms with Crippen molar-refractivity contribution in [2.45, 2.75) is 83.5 Å². The van der Waals surface area contributed by atoms with E-state index in [1.807, 2.05) is 0 Å². The first-order valence-electron chi connectivity index (χ1n) is 6.73. The summed E-state index contributed by atoms with van der Waals surface area (Å²) in [4.78, 5) is 0. The predicted molar refractivity (Wildman–Crippen MR) is 65.8 cm³/mol. The van der Waals surface area contributed by atoms with E-state index in [9.17, 15) is 0 Å². The average molecular weight is 232 g/mol. The Kier molecular flexibility index (Phi) is 9.99. The fourth-order valence-electron chi connectivity index (χ4n) is 1.85. The minimum atomic E-state index is -2.46. The van der Waals surface area contributed by atoms with Crippen LogP contribution < -0.4 is 0 Å². The van der Waals surface area contributed by atoms with Crippen molar-refractivity contribution in [1.29, 1.82) is 0 Å². The first kappa shape index (κ1) is 15.9. The quantitative estimate of drug-likeness (QED) is 0.379. The van der Waals surface area contributed by atoms with Gasteiger partial charge in [0.25, 0.3) is 5.97 Å². The Labute approximate surface area is 99.5 Å². The molecule has 0 rings (SSSR count). The minimum absolute atomic E-state index is 0.0590. The van der Waals surface area contributed by atoms with Crippen molar-refractivity contribution in [1.82, 2.24) is 0 Å². The Morgan fingerprint density at radius 2 is 1.00 bits per heavy atom. The molecule has 0 heterocycles. The third-order valence-corrected chi connectivity index (χ3v) is 2.87. The molecule has 0 aromatic carbocycles. The lowest BCUT2D eigenvalue weighted by Crippen LogP contribution is -2.26. The van der Waals surface area contributed by atoms with Gasteiger partial charge < -0.3 is 15.3 Å². The van der Waals surface area contributed by atoms with Crippen LogP contribution in [0.4, 0.5) is 0 Å². The molecule has 0 atom stereocenters. The predicted octanol–water partition coefficient (Wildman–Crippen LogP) is 2.93. The highest BCUT2D eigenvalue weighted by atomic mass is 16.7. The van der Waals surface area contributed by atoms with E-state index in [0.717, 1.165) is 12.8 Å². The Balaban J connectivity index is 2.99. The van der Waals surface area contributed by atoms with Crippen molar-refractivity contribution < 1.29 is 15.3 Å². The summed E-state index contributed by atoms with van der Waals surface area (Å²) in [5.74, 6) is -2.46. The number of aliphatic hydroxyl groups is 3. The van der Waals surface area contributed by atoms with Crippen molar-refractivity contribution in [2.75, 3.05) is 0 Å². The van der Waals surface area contributed by atoms with E-state index in [1.54, 1.807) is 0 Å². The molecule has 0 aliphatic rings. The molecule has 0 aromatic rings. The van der Waals surface area contributed by atoms with Crippen molar-refractivity contribution >= 4 is 0 Å². The maximum Gasteiger partial charge on any atom is 0.275 e. The molecule has 0 unspecified atom stereocenters. The van der Waals surface area contributed by atoms with Crippen LogP contribution in [0.15, 0.2) is 0 Å². The monoisotopic (exact) mass is 232 g/mol. The molecule has 0 aromatic heterocycles. The van der Waals surface area contributed by atoms with Gasteiger partial charge in [-0.3, -0.25) is 0 Å². The van der Waals surface area contributed by atoms with Gasteiger partial charge in [0.1, 0.15) is 0 Å². The van der Waals surface area contributed by atoms with Gasteiger partial charge in [-0.15, -0.1) is 0 Å².